The van der Waals surface area contributed by atoms with Gasteiger partial charge in [0.05, 0.1) is 12.3 Å². The minimum atomic E-state index is -0.482. The average molecular weight is 652 g/mol. The van der Waals surface area contributed by atoms with Crippen LogP contribution >= 0.6 is 0 Å². The highest BCUT2D eigenvalue weighted by Crippen LogP contribution is 2.56. The Morgan fingerprint density at radius 2 is 0.784 bits per heavy atom. The van der Waals surface area contributed by atoms with Gasteiger partial charge < -0.3 is 0 Å². The predicted octanol–water partition coefficient (Wildman–Crippen LogP) is 13.4. The summed E-state index contributed by atoms with van der Waals surface area (Å²) >= 11 is 0. The molecule has 0 radical (unpaired) electrons. The molecule has 0 unspecified atom stereocenters. The average Bonchev–Trinajstić information content (AvgIpc) is 3.56. The summed E-state index contributed by atoms with van der Waals surface area (Å²) in [6.07, 6.45) is 0. The van der Waals surface area contributed by atoms with Crippen molar-refractivity contribution in [3.8, 4) is 44.5 Å². The van der Waals surface area contributed by atoms with Gasteiger partial charge >= 0.3 is 0 Å². The van der Waals surface area contributed by atoms with Crippen molar-refractivity contribution in [1.82, 2.24) is 0 Å². The quantitative estimate of drug-likeness (QED) is 0.162. The van der Waals surface area contributed by atoms with Crippen LogP contribution in [0.1, 0.15) is 29.1 Å². The van der Waals surface area contributed by atoms with Crippen LogP contribution in [0.25, 0.3) is 66.1 Å². The van der Waals surface area contributed by atoms with Crippen molar-refractivity contribution in [3.63, 3.8) is 0 Å². The minimum Gasteiger partial charge on any atom is -0.0622 e. The maximum Gasteiger partial charge on any atom is 0.0713 e. The van der Waals surface area contributed by atoms with Gasteiger partial charge in [0.25, 0.3) is 0 Å². The molecule has 0 saturated carbocycles. The number of hydrogen-bond acceptors (Lipinski definition) is 0. The van der Waals surface area contributed by atoms with E-state index < -0.39 is 11.5 Å². The molecule has 0 bridgehead atoms. The monoisotopic (exact) mass is 651 g/mol. The SMILES string of the molecule is [2H]c1c([2H])c([2H])c(-c2c3ccccc3c(-c3ccc(-c4ccc5c(c4)C(c4ccccc4)(c4ccccc4)c4ccccc4-5)cc3)c3ccccc23)c([2H])c1[2H]. The molecule has 0 saturated heterocycles. The van der Waals surface area contributed by atoms with Crippen LogP contribution in [0.3, 0.4) is 0 Å². The molecule has 51 heavy (non-hydrogen) atoms. The Bertz CT molecular complexity index is 2880. The minimum absolute atomic E-state index is 0.204. The van der Waals surface area contributed by atoms with Gasteiger partial charge in [-0.05, 0) is 94.4 Å². The fourth-order valence-electron chi connectivity index (χ4n) is 8.54. The highest BCUT2D eigenvalue weighted by Gasteiger charge is 2.46. The molecule has 0 aromatic heterocycles. The fraction of sp³-hybridized carbons (Fsp3) is 0.0196. The molecule has 238 valence electrons. The molecular formula is C51H34. The number of benzene rings is 9. The smallest absolute Gasteiger partial charge is 0.0622 e. The fourth-order valence-corrected chi connectivity index (χ4v) is 8.54. The Labute approximate surface area is 306 Å². The maximum atomic E-state index is 8.88. The lowest BCUT2D eigenvalue weighted by Gasteiger charge is -2.34. The lowest BCUT2D eigenvalue weighted by atomic mass is 9.67. The zero-order chi connectivity index (χ0) is 38.1. The molecule has 0 aliphatic heterocycles. The van der Waals surface area contributed by atoms with Gasteiger partial charge in [0, 0.05) is 0 Å². The molecule has 1 aliphatic rings. The molecule has 0 amide bonds. The van der Waals surface area contributed by atoms with E-state index in [1.165, 1.54) is 33.4 Å². The molecule has 0 heteroatoms. The van der Waals surface area contributed by atoms with Gasteiger partial charge in [-0.2, -0.15) is 0 Å². The van der Waals surface area contributed by atoms with Crippen molar-refractivity contribution in [2.45, 2.75) is 5.41 Å². The van der Waals surface area contributed by atoms with E-state index in [2.05, 4.69) is 140 Å². The zero-order valence-electron chi connectivity index (χ0n) is 32.7. The van der Waals surface area contributed by atoms with E-state index in [1.54, 1.807) is 0 Å². The molecule has 0 spiro atoms. The second-order valence-electron chi connectivity index (χ2n) is 13.2. The van der Waals surface area contributed by atoms with Crippen LogP contribution in [0.4, 0.5) is 0 Å². The summed E-state index contributed by atoms with van der Waals surface area (Å²) in [7, 11) is 0. The summed E-state index contributed by atoms with van der Waals surface area (Å²) in [6, 6.07) is 60.6. The Kier molecular flexibility index (Phi) is 5.71. The summed E-state index contributed by atoms with van der Waals surface area (Å²) in [5, 5.41) is 3.57. The van der Waals surface area contributed by atoms with Crippen LogP contribution in [0, 0.1) is 0 Å². The van der Waals surface area contributed by atoms with E-state index in [0.717, 1.165) is 43.8 Å². The van der Waals surface area contributed by atoms with E-state index in [1.807, 2.05) is 36.4 Å². The van der Waals surface area contributed by atoms with Gasteiger partial charge in [-0.15, -0.1) is 0 Å². The van der Waals surface area contributed by atoms with Gasteiger partial charge in [-0.1, -0.05) is 200 Å². The summed E-state index contributed by atoms with van der Waals surface area (Å²) < 4.78 is 42.9. The zero-order valence-corrected chi connectivity index (χ0v) is 27.7. The molecule has 0 heterocycles. The first-order valence-corrected chi connectivity index (χ1v) is 17.4. The summed E-state index contributed by atoms with van der Waals surface area (Å²) in [4.78, 5) is 0. The third-order valence-corrected chi connectivity index (χ3v) is 10.6. The van der Waals surface area contributed by atoms with E-state index in [9.17, 15) is 0 Å². The first-order valence-electron chi connectivity index (χ1n) is 19.9. The summed E-state index contributed by atoms with van der Waals surface area (Å²) in [5.74, 6) is 0. The standard InChI is InChI=1S/C51H34/c1-4-16-36(17-5-1)49-43-23-10-12-25-45(43)50(46-26-13-11-24-44(46)49)37-30-28-35(29-31-37)38-32-33-42-41-22-14-15-27-47(41)51(48(42)34-38,39-18-6-2-7-19-39)40-20-8-3-9-21-40/h1-34H/i1D,4D,5D,16D,17D. The molecule has 10 rings (SSSR count). The lowest BCUT2D eigenvalue weighted by Crippen LogP contribution is -2.28. The van der Waals surface area contributed by atoms with Crippen molar-refractivity contribution >= 4 is 21.5 Å². The Morgan fingerprint density at radius 1 is 0.333 bits per heavy atom. The topological polar surface area (TPSA) is 0 Å². The summed E-state index contributed by atoms with van der Waals surface area (Å²) in [6.45, 7) is 0. The van der Waals surface area contributed by atoms with Crippen molar-refractivity contribution in [1.29, 1.82) is 0 Å². The van der Waals surface area contributed by atoms with Crippen LogP contribution in [0.5, 0.6) is 0 Å². The van der Waals surface area contributed by atoms with Gasteiger partial charge in [0.1, 0.15) is 0 Å². The van der Waals surface area contributed by atoms with Gasteiger partial charge in [0.15, 0.2) is 0 Å². The normalized spacial score (nSPS) is 14.2. The highest BCUT2D eigenvalue weighted by molar-refractivity contribution is 6.21. The Hall–Kier alpha value is -6.50. The third kappa shape index (κ3) is 4.47. The summed E-state index contributed by atoms with van der Waals surface area (Å²) in [5.41, 5.74) is 12.2. The van der Waals surface area contributed by atoms with Crippen LogP contribution in [0.15, 0.2) is 206 Å². The van der Waals surface area contributed by atoms with E-state index in [-0.39, 0.29) is 29.7 Å². The third-order valence-electron chi connectivity index (χ3n) is 10.6. The molecule has 0 atom stereocenters. The first kappa shape index (κ1) is 24.6. The number of hydrogen-bond donors (Lipinski definition) is 0. The van der Waals surface area contributed by atoms with Crippen molar-refractivity contribution in [3.05, 3.63) is 228 Å². The van der Waals surface area contributed by atoms with Crippen LogP contribution in [-0.4, -0.2) is 0 Å². The van der Waals surface area contributed by atoms with Crippen LogP contribution in [-0.2, 0) is 5.41 Å². The number of fused-ring (bicyclic) bond motifs is 5. The molecular weight excluding hydrogens is 613 g/mol. The Balaban J connectivity index is 1.16. The highest BCUT2D eigenvalue weighted by atomic mass is 14.5. The molecule has 9 aromatic carbocycles. The van der Waals surface area contributed by atoms with E-state index >= 15 is 0 Å². The maximum absolute atomic E-state index is 8.88. The number of rotatable bonds is 5. The molecule has 0 fully saturated rings. The molecule has 1 aliphatic carbocycles. The first-order chi connectivity index (χ1) is 27.4. The van der Waals surface area contributed by atoms with E-state index in [4.69, 9.17) is 6.85 Å². The largest absolute Gasteiger partial charge is 0.0713 e. The van der Waals surface area contributed by atoms with Crippen molar-refractivity contribution in [2.24, 2.45) is 0 Å². The predicted molar refractivity (Wildman–Crippen MR) is 215 cm³/mol. The van der Waals surface area contributed by atoms with Gasteiger partial charge in [-0.3, -0.25) is 0 Å². The van der Waals surface area contributed by atoms with Crippen molar-refractivity contribution < 1.29 is 6.85 Å². The molecule has 9 aromatic rings. The van der Waals surface area contributed by atoms with Crippen LogP contribution in [0.2, 0.25) is 0 Å². The van der Waals surface area contributed by atoms with E-state index in [0.29, 0.717) is 5.56 Å². The second-order valence-corrected chi connectivity index (χ2v) is 13.2. The molecule has 0 N–H and O–H groups in total. The van der Waals surface area contributed by atoms with Crippen molar-refractivity contribution in [2.75, 3.05) is 0 Å². The Morgan fingerprint density at radius 3 is 1.37 bits per heavy atom. The second kappa shape index (κ2) is 11.8. The van der Waals surface area contributed by atoms with Gasteiger partial charge in [0.2, 0.25) is 0 Å². The van der Waals surface area contributed by atoms with Crippen LogP contribution < -0.4 is 0 Å². The lowest BCUT2D eigenvalue weighted by molar-refractivity contribution is 0.769. The van der Waals surface area contributed by atoms with Gasteiger partial charge in [-0.25, -0.2) is 0 Å². The molecule has 0 nitrogen and oxygen atoms in total.